The Morgan fingerprint density at radius 2 is 2.23 bits per heavy atom. The molecule has 2 rings (SSSR count). The molecule has 2 nitrogen and oxygen atoms in total. The topological polar surface area (TPSA) is 40.1 Å². The smallest absolute Gasteiger partial charge is 0.0280 e. The second-order valence-corrected chi connectivity index (χ2v) is 4.28. The lowest BCUT2D eigenvalue weighted by molar-refractivity contribution is 0.536. The molecular formula is C10H11O2S-. The first kappa shape index (κ1) is 8.91. The molecular weight excluding hydrogens is 184 g/mol. The zero-order chi connectivity index (χ0) is 9.26. The van der Waals surface area contributed by atoms with E-state index >= 15 is 0 Å². The molecule has 3 heteroatoms. The lowest BCUT2D eigenvalue weighted by atomic mass is 9.84. The van der Waals surface area contributed by atoms with Crippen LogP contribution in [0, 0.1) is 5.92 Å². The molecule has 0 spiro atoms. The zero-order valence-corrected chi connectivity index (χ0v) is 8.05. The Balaban J connectivity index is 2.44. The molecule has 0 bridgehead atoms. The van der Waals surface area contributed by atoms with Crippen molar-refractivity contribution < 1.29 is 8.76 Å². The average Bonchev–Trinajstić information content (AvgIpc) is 2.17. The lowest BCUT2D eigenvalue weighted by Gasteiger charge is -2.26. The summed E-state index contributed by atoms with van der Waals surface area (Å²) in [4.78, 5) is 0.479. The summed E-state index contributed by atoms with van der Waals surface area (Å²) in [5.41, 5.74) is 1.00. The highest BCUT2D eigenvalue weighted by atomic mass is 32.2. The summed E-state index contributed by atoms with van der Waals surface area (Å²) in [5, 5.41) is 0. The molecule has 0 heterocycles. The van der Waals surface area contributed by atoms with Crippen molar-refractivity contribution in [1.29, 1.82) is 0 Å². The summed E-state index contributed by atoms with van der Waals surface area (Å²) in [7, 11) is 0. The molecule has 2 unspecified atom stereocenters. The van der Waals surface area contributed by atoms with Gasteiger partial charge in [-0.1, -0.05) is 24.3 Å². The van der Waals surface area contributed by atoms with Gasteiger partial charge < -0.3 is 4.55 Å². The van der Waals surface area contributed by atoms with Crippen LogP contribution >= 0.6 is 0 Å². The molecule has 0 radical (unpaired) electrons. The van der Waals surface area contributed by atoms with Crippen molar-refractivity contribution in [3.63, 3.8) is 0 Å². The van der Waals surface area contributed by atoms with E-state index in [1.807, 2.05) is 12.2 Å². The highest BCUT2D eigenvalue weighted by molar-refractivity contribution is 7.83. The Morgan fingerprint density at radius 3 is 3.00 bits per heavy atom. The van der Waals surface area contributed by atoms with Crippen LogP contribution in [0.25, 0.3) is 0 Å². The Bertz CT molecular complexity index is 326. The van der Waals surface area contributed by atoms with Gasteiger partial charge in [0.15, 0.2) is 0 Å². The quantitative estimate of drug-likeness (QED) is 0.601. The second kappa shape index (κ2) is 3.60. The monoisotopic (exact) mass is 195 g/mol. The van der Waals surface area contributed by atoms with E-state index in [-0.39, 0.29) is 0 Å². The molecule has 0 aromatic carbocycles. The summed E-state index contributed by atoms with van der Waals surface area (Å²) in [6.45, 7) is 0. The third kappa shape index (κ3) is 1.67. The van der Waals surface area contributed by atoms with Crippen LogP contribution in [0.1, 0.15) is 19.3 Å². The maximum atomic E-state index is 10.9. The fraction of sp³-hybridized carbons (Fsp3) is 0.400. The molecule has 0 saturated carbocycles. The zero-order valence-electron chi connectivity index (χ0n) is 7.23. The summed E-state index contributed by atoms with van der Waals surface area (Å²) < 4.78 is 21.7. The second-order valence-electron chi connectivity index (χ2n) is 3.37. The highest BCUT2D eigenvalue weighted by Crippen LogP contribution is 2.34. The Kier molecular flexibility index (Phi) is 2.47. The van der Waals surface area contributed by atoms with Gasteiger partial charge in [-0.3, -0.25) is 4.21 Å². The van der Waals surface area contributed by atoms with Crippen LogP contribution in [0.2, 0.25) is 0 Å². The molecule has 0 amide bonds. The van der Waals surface area contributed by atoms with Gasteiger partial charge in [0, 0.05) is 4.91 Å². The Morgan fingerprint density at radius 1 is 1.38 bits per heavy atom. The van der Waals surface area contributed by atoms with Gasteiger partial charge in [-0.25, -0.2) is 0 Å². The van der Waals surface area contributed by atoms with E-state index in [0.29, 0.717) is 10.8 Å². The molecule has 2 aliphatic carbocycles. The van der Waals surface area contributed by atoms with Crippen molar-refractivity contribution in [3.05, 3.63) is 34.8 Å². The fourth-order valence-corrected chi connectivity index (χ4v) is 2.55. The van der Waals surface area contributed by atoms with Crippen LogP contribution in [-0.4, -0.2) is 8.76 Å². The number of hydrogen-bond acceptors (Lipinski definition) is 2. The first-order valence-corrected chi connectivity index (χ1v) is 5.53. The van der Waals surface area contributed by atoms with E-state index in [2.05, 4.69) is 6.08 Å². The molecule has 2 atom stereocenters. The van der Waals surface area contributed by atoms with Gasteiger partial charge in [0.1, 0.15) is 0 Å². The van der Waals surface area contributed by atoms with Crippen molar-refractivity contribution >= 4 is 11.1 Å². The Labute approximate surface area is 80.3 Å². The molecule has 70 valence electrons. The minimum absolute atomic E-state index is 0.433. The van der Waals surface area contributed by atoms with Crippen molar-refractivity contribution in [2.24, 2.45) is 5.92 Å². The van der Waals surface area contributed by atoms with E-state index in [9.17, 15) is 8.76 Å². The highest BCUT2D eigenvalue weighted by Gasteiger charge is 2.19. The van der Waals surface area contributed by atoms with Gasteiger partial charge in [-0.05, 0) is 41.8 Å². The van der Waals surface area contributed by atoms with Crippen molar-refractivity contribution in [2.75, 3.05) is 0 Å². The molecule has 0 aromatic heterocycles. The number of hydrogen-bond donors (Lipinski definition) is 0. The molecule has 0 fully saturated rings. The summed E-state index contributed by atoms with van der Waals surface area (Å²) >= 11 is -2.08. The molecule has 0 aliphatic heterocycles. The third-order valence-corrected chi connectivity index (χ3v) is 3.30. The standard InChI is InChI=1S/C10H12O2S/c11-13(12)10-7-3-5-8-4-1-2-6-9(8)10/h2-3,6-8H,1,4-5H2,(H,11,12)/p-1. The number of allylic oxidation sites excluding steroid dienone is 5. The molecule has 13 heavy (non-hydrogen) atoms. The number of rotatable bonds is 1. The van der Waals surface area contributed by atoms with Crippen molar-refractivity contribution in [1.82, 2.24) is 0 Å². The van der Waals surface area contributed by atoms with Gasteiger partial charge in [0.25, 0.3) is 0 Å². The first-order valence-electron chi connectivity index (χ1n) is 4.45. The minimum atomic E-state index is -2.08. The summed E-state index contributed by atoms with van der Waals surface area (Å²) in [5.74, 6) is 0.433. The molecule has 0 saturated heterocycles. The van der Waals surface area contributed by atoms with Crippen LogP contribution in [0.5, 0.6) is 0 Å². The summed E-state index contributed by atoms with van der Waals surface area (Å²) in [6, 6.07) is 0. The SMILES string of the molecule is O=S([O-])C1=C2C=CCCC2CC=C1. The van der Waals surface area contributed by atoms with E-state index < -0.39 is 11.1 Å². The van der Waals surface area contributed by atoms with Crippen LogP contribution in [0.15, 0.2) is 34.8 Å². The lowest BCUT2D eigenvalue weighted by Crippen LogP contribution is -2.12. The van der Waals surface area contributed by atoms with E-state index in [1.165, 1.54) is 0 Å². The molecule has 0 aromatic rings. The first-order chi connectivity index (χ1) is 6.29. The van der Waals surface area contributed by atoms with Gasteiger partial charge in [0.2, 0.25) is 0 Å². The van der Waals surface area contributed by atoms with Crippen LogP contribution in [0.3, 0.4) is 0 Å². The van der Waals surface area contributed by atoms with Crippen molar-refractivity contribution in [3.8, 4) is 0 Å². The predicted octanol–water partition coefficient (Wildman–Crippen LogP) is 2.05. The number of fused-ring (bicyclic) bond motifs is 1. The van der Waals surface area contributed by atoms with Crippen LogP contribution in [0.4, 0.5) is 0 Å². The summed E-state index contributed by atoms with van der Waals surface area (Å²) in [6.07, 6.45) is 10.8. The van der Waals surface area contributed by atoms with Crippen molar-refractivity contribution in [2.45, 2.75) is 19.3 Å². The van der Waals surface area contributed by atoms with E-state index in [4.69, 9.17) is 0 Å². The van der Waals surface area contributed by atoms with E-state index in [1.54, 1.807) is 6.08 Å². The Hall–Kier alpha value is -0.670. The average molecular weight is 195 g/mol. The largest absolute Gasteiger partial charge is 0.768 e. The van der Waals surface area contributed by atoms with Gasteiger partial charge in [-0.15, -0.1) is 0 Å². The van der Waals surface area contributed by atoms with Gasteiger partial charge in [0.05, 0.1) is 0 Å². The molecule has 2 aliphatic rings. The minimum Gasteiger partial charge on any atom is -0.768 e. The van der Waals surface area contributed by atoms with Crippen LogP contribution < -0.4 is 0 Å². The van der Waals surface area contributed by atoms with Gasteiger partial charge >= 0.3 is 0 Å². The fourth-order valence-electron chi connectivity index (χ4n) is 1.91. The van der Waals surface area contributed by atoms with Crippen LogP contribution in [-0.2, 0) is 11.1 Å². The maximum absolute atomic E-state index is 10.9. The van der Waals surface area contributed by atoms with Gasteiger partial charge in [-0.2, -0.15) is 0 Å². The molecule has 0 N–H and O–H groups in total. The maximum Gasteiger partial charge on any atom is 0.0280 e. The van der Waals surface area contributed by atoms with E-state index in [0.717, 1.165) is 24.8 Å². The third-order valence-electron chi connectivity index (χ3n) is 2.57. The predicted molar refractivity (Wildman–Crippen MR) is 51.6 cm³/mol. The normalized spacial score (nSPS) is 28.8.